The molecule has 6 nitrogen and oxygen atoms in total. The lowest BCUT2D eigenvalue weighted by atomic mass is 10.2. The molecule has 102 valence electrons. The Morgan fingerprint density at radius 3 is 2.89 bits per heavy atom. The number of aliphatic hydroxyl groups is 1. The van der Waals surface area contributed by atoms with Crippen molar-refractivity contribution in [3.05, 3.63) is 24.1 Å². The number of ether oxygens (including phenoxy) is 1. The second-order valence-electron chi connectivity index (χ2n) is 4.29. The Morgan fingerprint density at radius 2 is 2.21 bits per heavy atom. The van der Waals surface area contributed by atoms with Gasteiger partial charge in [0.25, 0.3) is 0 Å². The van der Waals surface area contributed by atoms with Crippen LogP contribution in [0.4, 0.5) is 0 Å². The van der Waals surface area contributed by atoms with Gasteiger partial charge in [-0.25, -0.2) is 0 Å². The third-order valence-electron chi connectivity index (χ3n) is 2.68. The third kappa shape index (κ3) is 3.23. The quantitative estimate of drug-likeness (QED) is 0.855. The van der Waals surface area contributed by atoms with Crippen molar-refractivity contribution >= 4 is 0 Å². The zero-order chi connectivity index (χ0) is 13.8. The summed E-state index contributed by atoms with van der Waals surface area (Å²) >= 11 is 0. The molecule has 1 aromatic heterocycles. The van der Waals surface area contributed by atoms with Crippen LogP contribution in [0.15, 0.2) is 22.7 Å². The van der Waals surface area contributed by atoms with Crippen molar-refractivity contribution in [3.63, 3.8) is 0 Å². The van der Waals surface area contributed by atoms with E-state index in [0.717, 1.165) is 0 Å². The predicted molar refractivity (Wildman–Crippen MR) is 68.0 cm³/mol. The van der Waals surface area contributed by atoms with Crippen LogP contribution in [0.1, 0.15) is 19.2 Å². The van der Waals surface area contributed by atoms with Crippen molar-refractivity contribution in [2.75, 3.05) is 7.11 Å². The molecule has 1 aromatic carbocycles. The number of benzene rings is 1. The summed E-state index contributed by atoms with van der Waals surface area (Å²) in [4.78, 5) is 4.23. The maximum Gasteiger partial charge on any atom is 0.227 e. The Balaban J connectivity index is 2.18. The molecule has 0 fully saturated rings. The van der Waals surface area contributed by atoms with Gasteiger partial charge in [0.1, 0.15) is 0 Å². The fourth-order valence-electron chi connectivity index (χ4n) is 1.62. The lowest BCUT2D eigenvalue weighted by Gasteiger charge is -2.03. The number of hydrogen-bond acceptors (Lipinski definition) is 6. The number of rotatable bonds is 5. The van der Waals surface area contributed by atoms with Gasteiger partial charge in [-0.15, -0.1) is 0 Å². The summed E-state index contributed by atoms with van der Waals surface area (Å²) in [5, 5.41) is 22.6. The summed E-state index contributed by atoms with van der Waals surface area (Å²) in [6.45, 7) is 1.71. The van der Waals surface area contributed by atoms with Crippen molar-refractivity contribution in [2.24, 2.45) is 0 Å². The Bertz CT molecular complexity index is 551. The van der Waals surface area contributed by atoms with Crippen LogP contribution in [0.3, 0.4) is 0 Å². The Morgan fingerprint density at radius 1 is 1.42 bits per heavy atom. The zero-order valence-electron chi connectivity index (χ0n) is 10.8. The summed E-state index contributed by atoms with van der Waals surface area (Å²) < 4.78 is 10.1. The summed E-state index contributed by atoms with van der Waals surface area (Å²) in [6.07, 6.45) is 0.699. The van der Waals surface area contributed by atoms with Crippen molar-refractivity contribution in [1.29, 1.82) is 0 Å². The Hall–Kier alpha value is -2.08. The average molecular weight is 264 g/mol. The normalized spacial score (nSPS) is 12.4. The van der Waals surface area contributed by atoms with Crippen LogP contribution in [-0.4, -0.2) is 33.6 Å². The average Bonchev–Trinajstić information content (AvgIpc) is 2.86. The lowest BCUT2D eigenvalue weighted by Crippen LogP contribution is -2.01. The van der Waals surface area contributed by atoms with Crippen molar-refractivity contribution < 1.29 is 19.5 Å². The van der Waals surface area contributed by atoms with Gasteiger partial charge in [0.15, 0.2) is 11.5 Å². The number of phenolic OH excluding ortho intramolecular Hbond substituents is 1. The maximum atomic E-state index is 9.52. The van der Waals surface area contributed by atoms with E-state index in [9.17, 15) is 10.2 Å². The first-order valence-corrected chi connectivity index (χ1v) is 5.98. The van der Waals surface area contributed by atoms with Gasteiger partial charge in [0, 0.05) is 12.0 Å². The standard InChI is InChI=1S/C13H16N2O4/c1-8(16)3-6-12-14-13(15-19-12)9-4-5-10(17)11(7-9)18-2/h4-5,7-8,16-17H,3,6H2,1-2H3. The monoisotopic (exact) mass is 264 g/mol. The van der Waals surface area contributed by atoms with Gasteiger partial charge in [-0.3, -0.25) is 0 Å². The molecule has 1 unspecified atom stereocenters. The van der Waals surface area contributed by atoms with E-state index in [1.54, 1.807) is 19.1 Å². The Kier molecular flexibility index (Phi) is 4.01. The molecule has 0 aliphatic carbocycles. The Labute approximate surface area is 110 Å². The van der Waals surface area contributed by atoms with Gasteiger partial charge in [-0.1, -0.05) is 5.16 Å². The third-order valence-corrected chi connectivity index (χ3v) is 2.68. The first-order chi connectivity index (χ1) is 9.10. The van der Waals surface area contributed by atoms with E-state index in [0.29, 0.717) is 35.9 Å². The lowest BCUT2D eigenvalue weighted by molar-refractivity contribution is 0.180. The van der Waals surface area contributed by atoms with Gasteiger partial charge in [-0.2, -0.15) is 4.98 Å². The summed E-state index contributed by atoms with van der Waals surface area (Å²) in [7, 11) is 1.48. The number of aliphatic hydroxyl groups excluding tert-OH is 1. The topological polar surface area (TPSA) is 88.6 Å². The van der Waals surface area contributed by atoms with E-state index < -0.39 is 6.10 Å². The molecule has 2 rings (SSSR count). The van der Waals surface area contributed by atoms with E-state index in [1.165, 1.54) is 13.2 Å². The molecular formula is C13H16N2O4. The molecule has 6 heteroatoms. The molecule has 2 N–H and O–H groups in total. The first-order valence-electron chi connectivity index (χ1n) is 5.98. The molecule has 1 heterocycles. The fraction of sp³-hybridized carbons (Fsp3) is 0.385. The minimum Gasteiger partial charge on any atom is -0.504 e. The van der Waals surface area contributed by atoms with Gasteiger partial charge in [0.2, 0.25) is 11.7 Å². The van der Waals surface area contributed by atoms with Gasteiger partial charge < -0.3 is 19.5 Å². The van der Waals surface area contributed by atoms with Crippen LogP contribution < -0.4 is 4.74 Å². The van der Waals surface area contributed by atoms with Crippen molar-refractivity contribution in [1.82, 2.24) is 10.1 Å². The van der Waals surface area contributed by atoms with Crippen molar-refractivity contribution in [2.45, 2.75) is 25.9 Å². The minimum absolute atomic E-state index is 0.0593. The van der Waals surface area contributed by atoms with Gasteiger partial charge in [-0.05, 0) is 31.5 Å². The van der Waals surface area contributed by atoms with Crippen LogP contribution in [-0.2, 0) is 6.42 Å². The van der Waals surface area contributed by atoms with Crippen LogP contribution in [0, 0.1) is 0 Å². The maximum absolute atomic E-state index is 9.52. The molecule has 0 saturated heterocycles. The molecule has 0 aliphatic heterocycles. The summed E-state index contributed by atoms with van der Waals surface area (Å²) in [6, 6.07) is 4.83. The number of aromatic nitrogens is 2. The highest BCUT2D eigenvalue weighted by molar-refractivity contribution is 5.60. The number of hydrogen-bond donors (Lipinski definition) is 2. The van der Waals surface area contributed by atoms with Gasteiger partial charge >= 0.3 is 0 Å². The van der Waals surface area contributed by atoms with Crippen LogP contribution >= 0.6 is 0 Å². The summed E-state index contributed by atoms with van der Waals surface area (Å²) in [5.41, 5.74) is 0.696. The number of aryl methyl sites for hydroxylation is 1. The van der Waals surface area contributed by atoms with Crippen molar-refractivity contribution in [3.8, 4) is 22.9 Å². The molecule has 19 heavy (non-hydrogen) atoms. The van der Waals surface area contributed by atoms with E-state index in [-0.39, 0.29) is 5.75 Å². The SMILES string of the molecule is COc1cc(-c2noc(CCC(C)O)n2)ccc1O. The highest BCUT2D eigenvalue weighted by Gasteiger charge is 2.11. The van der Waals surface area contributed by atoms with E-state index >= 15 is 0 Å². The smallest absolute Gasteiger partial charge is 0.227 e. The first kappa shape index (κ1) is 13.4. The molecule has 1 atom stereocenters. The summed E-state index contributed by atoms with van der Waals surface area (Å²) in [5.74, 6) is 1.32. The number of phenols is 1. The molecule has 0 radical (unpaired) electrons. The fourth-order valence-corrected chi connectivity index (χ4v) is 1.62. The second-order valence-corrected chi connectivity index (χ2v) is 4.29. The minimum atomic E-state index is -0.399. The largest absolute Gasteiger partial charge is 0.504 e. The molecule has 0 saturated carbocycles. The zero-order valence-corrected chi connectivity index (χ0v) is 10.8. The van der Waals surface area contributed by atoms with Gasteiger partial charge in [0.05, 0.1) is 13.2 Å². The molecular weight excluding hydrogens is 248 g/mol. The molecule has 0 bridgehead atoms. The molecule has 2 aromatic rings. The number of methoxy groups -OCH3 is 1. The van der Waals surface area contributed by atoms with Crippen LogP contribution in [0.5, 0.6) is 11.5 Å². The van der Waals surface area contributed by atoms with Crippen LogP contribution in [0.2, 0.25) is 0 Å². The second kappa shape index (κ2) is 5.71. The highest BCUT2D eigenvalue weighted by Crippen LogP contribution is 2.30. The molecule has 0 spiro atoms. The van der Waals surface area contributed by atoms with E-state index in [1.807, 2.05) is 0 Å². The van der Waals surface area contributed by atoms with Crippen LogP contribution in [0.25, 0.3) is 11.4 Å². The van der Waals surface area contributed by atoms with E-state index in [4.69, 9.17) is 9.26 Å². The van der Waals surface area contributed by atoms with E-state index in [2.05, 4.69) is 10.1 Å². The molecule has 0 amide bonds. The predicted octanol–water partition coefficient (Wildman–Crippen LogP) is 1.76. The number of nitrogens with zero attached hydrogens (tertiary/aromatic N) is 2. The number of aromatic hydroxyl groups is 1. The highest BCUT2D eigenvalue weighted by atomic mass is 16.5. The molecule has 0 aliphatic rings.